The number of likely N-dealkylation sites (tertiary alicyclic amines) is 1. The van der Waals surface area contributed by atoms with Gasteiger partial charge in [-0.25, -0.2) is 4.39 Å². The maximum Gasteiger partial charge on any atom is 0.254 e. The van der Waals surface area contributed by atoms with Crippen LogP contribution in [0.3, 0.4) is 0 Å². The number of amides is 1. The maximum absolute atomic E-state index is 13.6. The number of benzene rings is 1. The number of carbonyl (C=O) groups is 1. The highest BCUT2D eigenvalue weighted by atomic mass is 19.1. The van der Waals surface area contributed by atoms with Crippen molar-refractivity contribution >= 4 is 5.91 Å². The number of halogens is 1. The minimum atomic E-state index is -0.601. The summed E-state index contributed by atoms with van der Waals surface area (Å²) in [4.78, 5) is 14.6. The van der Waals surface area contributed by atoms with Crippen molar-refractivity contribution in [1.29, 1.82) is 0 Å². The predicted molar refractivity (Wildman–Crippen MR) is 87.0 cm³/mol. The van der Waals surface area contributed by atoms with E-state index in [2.05, 4.69) is 10.2 Å². The highest BCUT2D eigenvalue weighted by molar-refractivity contribution is 5.94. The van der Waals surface area contributed by atoms with Crippen LogP contribution in [0.1, 0.15) is 48.9 Å². The summed E-state index contributed by atoms with van der Waals surface area (Å²) in [7, 11) is 0. The van der Waals surface area contributed by atoms with E-state index in [1.165, 1.54) is 44.2 Å². The standard InChI is InChI=1S/C18H25FN2O2/c19-17-7-6-15(22)10-16(17)18(23)20-11-13-8-9-21(12-13)14-4-2-1-3-5-14/h6-7,10,13-14,22H,1-5,8-9,11-12H2,(H,20,23). The molecule has 0 spiro atoms. The Bertz CT molecular complexity index is 558. The van der Waals surface area contributed by atoms with Gasteiger partial charge in [0.15, 0.2) is 0 Å². The summed E-state index contributed by atoms with van der Waals surface area (Å²) in [6.45, 7) is 2.69. The number of hydrogen-bond donors (Lipinski definition) is 2. The van der Waals surface area contributed by atoms with Crippen LogP contribution in [0.5, 0.6) is 5.75 Å². The molecule has 0 aromatic heterocycles. The Morgan fingerprint density at radius 1 is 1.26 bits per heavy atom. The molecule has 1 amide bonds. The van der Waals surface area contributed by atoms with Crippen LogP contribution in [0.4, 0.5) is 4.39 Å². The Hall–Kier alpha value is -1.62. The van der Waals surface area contributed by atoms with Crippen molar-refractivity contribution in [2.24, 2.45) is 5.92 Å². The highest BCUT2D eigenvalue weighted by Crippen LogP contribution is 2.27. The molecule has 1 heterocycles. The Labute approximate surface area is 136 Å². The molecule has 2 aliphatic rings. The third-order valence-corrected chi connectivity index (χ3v) is 5.15. The first-order valence-electron chi connectivity index (χ1n) is 8.64. The summed E-state index contributed by atoms with van der Waals surface area (Å²) >= 11 is 0. The van der Waals surface area contributed by atoms with E-state index in [0.29, 0.717) is 18.5 Å². The first-order chi connectivity index (χ1) is 11.1. The van der Waals surface area contributed by atoms with Crippen molar-refractivity contribution in [1.82, 2.24) is 10.2 Å². The molecule has 0 bridgehead atoms. The van der Waals surface area contributed by atoms with Crippen LogP contribution in [0, 0.1) is 11.7 Å². The Balaban J connectivity index is 1.49. The normalized spacial score (nSPS) is 23.1. The van der Waals surface area contributed by atoms with Crippen molar-refractivity contribution in [2.45, 2.75) is 44.6 Å². The van der Waals surface area contributed by atoms with Gasteiger partial charge in [0.25, 0.3) is 5.91 Å². The summed E-state index contributed by atoms with van der Waals surface area (Å²) in [5.74, 6) is -0.716. The lowest BCUT2D eigenvalue weighted by Gasteiger charge is -2.31. The summed E-state index contributed by atoms with van der Waals surface area (Å²) in [5, 5.41) is 12.2. The number of rotatable bonds is 4. The molecule has 1 aromatic rings. The lowest BCUT2D eigenvalue weighted by molar-refractivity contribution is 0.0942. The first kappa shape index (κ1) is 16.2. The highest BCUT2D eigenvalue weighted by Gasteiger charge is 2.29. The molecule has 1 saturated carbocycles. The molecular weight excluding hydrogens is 295 g/mol. The van der Waals surface area contributed by atoms with Gasteiger partial charge in [-0.15, -0.1) is 0 Å². The fourth-order valence-corrected chi connectivity index (χ4v) is 3.83. The lowest BCUT2D eigenvalue weighted by atomic mass is 9.94. The van der Waals surface area contributed by atoms with Gasteiger partial charge in [-0.3, -0.25) is 4.79 Å². The molecular formula is C18H25FN2O2. The zero-order valence-electron chi connectivity index (χ0n) is 13.4. The van der Waals surface area contributed by atoms with E-state index in [9.17, 15) is 14.3 Å². The van der Waals surface area contributed by atoms with E-state index in [1.54, 1.807) is 0 Å². The summed E-state index contributed by atoms with van der Waals surface area (Å²) < 4.78 is 13.6. The van der Waals surface area contributed by atoms with Crippen LogP contribution in [-0.4, -0.2) is 41.6 Å². The number of aromatic hydroxyl groups is 1. The minimum Gasteiger partial charge on any atom is -0.508 e. The van der Waals surface area contributed by atoms with Crippen molar-refractivity contribution < 1.29 is 14.3 Å². The van der Waals surface area contributed by atoms with Gasteiger partial charge in [0.1, 0.15) is 11.6 Å². The molecule has 0 radical (unpaired) electrons. The third-order valence-electron chi connectivity index (χ3n) is 5.15. The average molecular weight is 320 g/mol. The van der Waals surface area contributed by atoms with Crippen LogP contribution in [0.15, 0.2) is 18.2 Å². The van der Waals surface area contributed by atoms with Gasteiger partial charge < -0.3 is 15.3 Å². The molecule has 1 aromatic carbocycles. The van der Waals surface area contributed by atoms with Crippen LogP contribution < -0.4 is 5.32 Å². The van der Waals surface area contributed by atoms with Crippen LogP contribution >= 0.6 is 0 Å². The molecule has 1 aliphatic carbocycles. The van der Waals surface area contributed by atoms with E-state index < -0.39 is 11.7 Å². The minimum absolute atomic E-state index is 0.0906. The zero-order chi connectivity index (χ0) is 16.2. The number of phenolic OH excluding ortho intramolecular Hbond substituents is 1. The zero-order valence-corrected chi connectivity index (χ0v) is 13.4. The molecule has 1 unspecified atom stereocenters. The number of nitrogens with zero attached hydrogens (tertiary/aromatic N) is 1. The molecule has 1 aliphatic heterocycles. The molecule has 2 fully saturated rings. The molecule has 5 heteroatoms. The third kappa shape index (κ3) is 4.02. The topological polar surface area (TPSA) is 52.6 Å². The molecule has 126 valence electrons. The molecule has 2 N–H and O–H groups in total. The predicted octanol–water partition coefficient (Wildman–Crippen LogP) is 2.92. The van der Waals surface area contributed by atoms with Gasteiger partial charge in [-0.2, -0.15) is 0 Å². The number of nitrogens with one attached hydrogen (secondary N) is 1. The summed E-state index contributed by atoms with van der Waals surface area (Å²) in [6.07, 6.45) is 7.71. The fourth-order valence-electron chi connectivity index (χ4n) is 3.83. The van der Waals surface area contributed by atoms with Gasteiger partial charge in [0.05, 0.1) is 5.56 Å². The van der Waals surface area contributed by atoms with E-state index in [-0.39, 0.29) is 11.3 Å². The smallest absolute Gasteiger partial charge is 0.254 e. The van der Waals surface area contributed by atoms with E-state index >= 15 is 0 Å². The van der Waals surface area contributed by atoms with Crippen LogP contribution in [0.2, 0.25) is 0 Å². The van der Waals surface area contributed by atoms with Crippen molar-refractivity contribution in [3.8, 4) is 5.75 Å². The van der Waals surface area contributed by atoms with Crippen molar-refractivity contribution in [3.05, 3.63) is 29.6 Å². The molecule has 1 atom stereocenters. The monoisotopic (exact) mass is 320 g/mol. The van der Waals surface area contributed by atoms with Gasteiger partial charge in [-0.05, 0) is 49.9 Å². The quantitative estimate of drug-likeness (QED) is 0.897. The van der Waals surface area contributed by atoms with Gasteiger partial charge in [0.2, 0.25) is 0 Å². The second-order valence-electron chi connectivity index (χ2n) is 6.82. The van der Waals surface area contributed by atoms with E-state index in [0.717, 1.165) is 25.6 Å². The Morgan fingerprint density at radius 3 is 2.83 bits per heavy atom. The molecule has 4 nitrogen and oxygen atoms in total. The van der Waals surface area contributed by atoms with Gasteiger partial charge >= 0.3 is 0 Å². The number of carbonyl (C=O) groups excluding carboxylic acids is 1. The summed E-state index contributed by atoms with van der Waals surface area (Å²) in [5.41, 5.74) is -0.0906. The second kappa shape index (κ2) is 7.30. The molecule has 1 saturated heterocycles. The molecule has 3 rings (SSSR count). The van der Waals surface area contributed by atoms with E-state index in [1.807, 2.05) is 0 Å². The average Bonchev–Trinajstić information content (AvgIpc) is 3.05. The fraction of sp³-hybridized carbons (Fsp3) is 0.611. The Kier molecular flexibility index (Phi) is 5.16. The molecule has 23 heavy (non-hydrogen) atoms. The van der Waals surface area contributed by atoms with Crippen LogP contribution in [0.25, 0.3) is 0 Å². The maximum atomic E-state index is 13.6. The summed E-state index contributed by atoms with van der Waals surface area (Å²) in [6, 6.07) is 4.25. The lowest BCUT2D eigenvalue weighted by Crippen LogP contribution is -2.36. The van der Waals surface area contributed by atoms with Gasteiger partial charge in [-0.1, -0.05) is 19.3 Å². The van der Waals surface area contributed by atoms with Gasteiger partial charge in [0, 0.05) is 19.1 Å². The Morgan fingerprint density at radius 2 is 2.04 bits per heavy atom. The SMILES string of the molecule is O=C(NCC1CCN(C2CCCCC2)C1)c1cc(O)ccc1F. The second-order valence-corrected chi connectivity index (χ2v) is 6.82. The van der Waals surface area contributed by atoms with Crippen molar-refractivity contribution in [3.63, 3.8) is 0 Å². The first-order valence-corrected chi connectivity index (χ1v) is 8.64. The number of hydrogen-bond acceptors (Lipinski definition) is 3. The van der Waals surface area contributed by atoms with Crippen LogP contribution in [-0.2, 0) is 0 Å². The largest absolute Gasteiger partial charge is 0.508 e. The number of phenols is 1. The van der Waals surface area contributed by atoms with E-state index in [4.69, 9.17) is 0 Å². The van der Waals surface area contributed by atoms with Crippen molar-refractivity contribution in [2.75, 3.05) is 19.6 Å².